The molecule has 0 aromatic heterocycles. The predicted octanol–water partition coefficient (Wildman–Crippen LogP) is 2.50. The van der Waals surface area contributed by atoms with Crippen molar-refractivity contribution in [1.29, 1.82) is 0 Å². The zero-order chi connectivity index (χ0) is 13.4. The molecule has 0 saturated heterocycles. The summed E-state index contributed by atoms with van der Waals surface area (Å²) in [5.74, 6) is 0.760. The minimum atomic E-state index is -1.06. The van der Waals surface area contributed by atoms with Crippen molar-refractivity contribution in [2.45, 2.75) is 12.8 Å². The van der Waals surface area contributed by atoms with Crippen molar-refractivity contribution in [2.24, 2.45) is 0 Å². The zero-order valence-corrected chi connectivity index (χ0v) is 10.8. The largest absolute Gasteiger partial charge is 0.494 e. The highest BCUT2D eigenvalue weighted by atomic mass is 16.5. The Bertz CT molecular complexity index is 363. The fourth-order valence-corrected chi connectivity index (χ4v) is 1.48. The second-order valence-electron chi connectivity index (χ2n) is 4.31. The minimum absolute atomic E-state index is 0.544. The third-order valence-corrected chi connectivity index (χ3v) is 2.37. The summed E-state index contributed by atoms with van der Waals surface area (Å²) in [6, 6.07) is 6.89. The van der Waals surface area contributed by atoms with Gasteiger partial charge in [0.05, 0.1) is 6.61 Å². The average Bonchev–Trinajstić information content (AvgIpc) is 2.30. The van der Waals surface area contributed by atoms with E-state index in [1.807, 2.05) is 0 Å². The smallest absolute Gasteiger partial charge is 0.409 e. The number of rotatable bonds is 7. The molecule has 0 radical (unpaired) electrons. The molecule has 0 aliphatic heterocycles. The Morgan fingerprint density at radius 1 is 1.28 bits per heavy atom. The SMILES string of the molecule is CN(C)CCCCOc1ccc(NC(=O)O)cc1. The molecule has 1 aromatic rings. The molecule has 0 spiro atoms. The highest BCUT2D eigenvalue weighted by molar-refractivity contribution is 5.82. The molecular weight excluding hydrogens is 232 g/mol. The van der Waals surface area contributed by atoms with Gasteiger partial charge in [0.25, 0.3) is 0 Å². The number of nitrogens with one attached hydrogen (secondary N) is 1. The fourth-order valence-electron chi connectivity index (χ4n) is 1.48. The standard InChI is InChI=1S/C13H20N2O3/c1-15(2)9-3-4-10-18-12-7-5-11(6-8-12)14-13(16)17/h5-8,14H,3-4,9-10H2,1-2H3,(H,16,17). The van der Waals surface area contributed by atoms with Crippen LogP contribution in [-0.2, 0) is 0 Å². The molecule has 1 aromatic carbocycles. The Hall–Kier alpha value is -1.75. The zero-order valence-electron chi connectivity index (χ0n) is 10.8. The molecule has 1 rings (SSSR count). The first-order chi connectivity index (χ1) is 8.58. The molecule has 0 heterocycles. The van der Waals surface area contributed by atoms with Crippen LogP contribution in [0.5, 0.6) is 5.75 Å². The van der Waals surface area contributed by atoms with Crippen LogP contribution >= 0.6 is 0 Å². The van der Waals surface area contributed by atoms with Gasteiger partial charge in [-0.05, 0) is 57.7 Å². The van der Waals surface area contributed by atoms with Crippen LogP contribution in [0.25, 0.3) is 0 Å². The van der Waals surface area contributed by atoms with E-state index in [-0.39, 0.29) is 0 Å². The molecule has 18 heavy (non-hydrogen) atoms. The molecule has 0 bridgehead atoms. The van der Waals surface area contributed by atoms with Gasteiger partial charge in [-0.25, -0.2) is 4.79 Å². The Morgan fingerprint density at radius 3 is 2.50 bits per heavy atom. The quantitative estimate of drug-likeness (QED) is 0.732. The van der Waals surface area contributed by atoms with Gasteiger partial charge in [-0.1, -0.05) is 0 Å². The molecule has 0 aliphatic carbocycles. The number of amides is 1. The summed E-state index contributed by atoms with van der Waals surface area (Å²) in [6.45, 7) is 1.74. The fraction of sp³-hybridized carbons (Fsp3) is 0.462. The van der Waals surface area contributed by atoms with Crippen LogP contribution in [0.1, 0.15) is 12.8 Å². The van der Waals surface area contributed by atoms with Crippen molar-refractivity contribution < 1.29 is 14.6 Å². The van der Waals surface area contributed by atoms with Gasteiger partial charge in [-0.15, -0.1) is 0 Å². The van der Waals surface area contributed by atoms with E-state index in [1.54, 1.807) is 24.3 Å². The second kappa shape index (κ2) is 7.55. The van der Waals surface area contributed by atoms with Crippen LogP contribution < -0.4 is 10.1 Å². The lowest BCUT2D eigenvalue weighted by Crippen LogP contribution is -2.13. The van der Waals surface area contributed by atoms with Crippen molar-refractivity contribution >= 4 is 11.8 Å². The molecule has 0 aliphatic rings. The molecule has 2 N–H and O–H groups in total. The lowest BCUT2D eigenvalue weighted by Gasteiger charge is -2.10. The van der Waals surface area contributed by atoms with Gasteiger partial charge >= 0.3 is 6.09 Å². The van der Waals surface area contributed by atoms with Crippen molar-refractivity contribution in [3.8, 4) is 5.75 Å². The van der Waals surface area contributed by atoms with Gasteiger partial charge in [-0.2, -0.15) is 0 Å². The van der Waals surface area contributed by atoms with Crippen molar-refractivity contribution in [3.05, 3.63) is 24.3 Å². The summed E-state index contributed by atoms with van der Waals surface area (Å²) in [7, 11) is 4.10. The summed E-state index contributed by atoms with van der Waals surface area (Å²) in [6.07, 6.45) is 1.05. The van der Waals surface area contributed by atoms with Crippen LogP contribution in [-0.4, -0.2) is 43.3 Å². The van der Waals surface area contributed by atoms with Gasteiger partial charge < -0.3 is 14.7 Å². The summed E-state index contributed by atoms with van der Waals surface area (Å²) < 4.78 is 5.55. The lowest BCUT2D eigenvalue weighted by atomic mass is 10.3. The normalized spacial score (nSPS) is 10.4. The Balaban J connectivity index is 2.24. The van der Waals surface area contributed by atoms with Gasteiger partial charge in [-0.3, -0.25) is 5.32 Å². The first-order valence-electron chi connectivity index (χ1n) is 5.95. The van der Waals surface area contributed by atoms with Crippen LogP contribution in [0, 0.1) is 0 Å². The summed E-state index contributed by atoms with van der Waals surface area (Å²) >= 11 is 0. The number of hydrogen-bond acceptors (Lipinski definition) is 3. The van der Waals surface area contributed by atoms with Crippen LogP contribution in [0.2, 0.25) is 0 Å². The molecule has 0 unspecified atom stereocenters. The number of carboxylic acid groups (broad SMARTS) is 1. The maximum absolute atomic E-state index is 10.4. The lowest BCUT2D eigenvalue weighted by molar-refractivity contribution is 0.209. The monoisotopic (exact) mass is 252 g/mol. The third kappa shape index (κ3) is 6.10. The third-order valence-electron chi connectivity index (χ3n) is 2.37. The van der Waals surface area contributed by atoms with E-state index in [4.69, 9.17) is 9.84 Å². The molecular formula is C13H20N2O3. The number of unbranched alkanes of at least 4 members (excludes halogenated alkanes) is 1. The molecule has 100 valence electrons. The van der Waals surface area contributed by atoms with E-state index in [0.717, 1.165) is 25.1 Å². The first-order valence-corrected chi connectivity index (χ1v) is 5.95. The maximum Gasteiger partial charge on any atom is 0.409 e. The topological polar surface area (TPSA) is 61.8 Å². The van der Waals surface area contributed by atoms with E-state index in [2.05, 4.69) is 24.3 Å². The maximum atomic E-state index is 10.4. The van der Waals surface area contributed by atoms with E-state index in [0.29, 0.717) is 12.3 Å². The van der Waals surface area contributed by atoms with Crippen molar-refractivity contribution in [3.63, 3.8) is 0 Å². The van der Waals surface area contributed by atoms with Gasteiger partial charge in [0, 0.05) is 5.69 Å². The average molecular weight is 252 g/mol. The van der Waals surface area contributed by atoms with Crippen LogP contribution in [0.3, 0.4) is 0 Å². The van der Waals surface area contributed by atoms with E-state index < -0.39 is 6.09 Å². The first kappa shape index (κ1) is 14.3. The number of anilines is 1. The molecule has 0 saturated carbocycles. The highest BCUT2D eigenvalue weighted by Crippen LogP contribution is 2.15. The van der Waals surface area contributed by atoms with E-state index >= 15 is 0 Å². The molecule has 0 atom stereocenters. The minimum Gasteiger partial charge on any atom is -0.494 e. The molecule has 5 nitrogen and oxygen atoms in total. The number of carbonyl (C=O) groups is 1. The summed E-state index contributed by atoms with van der Waals surface area (Å²) in [4.78, 5) is 12.6. The van der Waals surface area contributed by atoms with E-state index in [9.17, 15) is 4.79 Å². The molecule has 0 fully saturated rings. The second-order valence-corrected chi connectivity index (χ2v) is 4.31. The summed E-state index contributed by atoms with van der Waals surface area (Å²) in [5, 5.41) is 10.8. The van der Waals surface area contributed by atoms with Gasteiger partial charge in [0.2, 0.25) is 0 Å². The number of ether oxygens (including phenoxy) is 1. The summed E-state index contributed by atoms with van der Waals surface area (Å²) in [5.41, 5.74) is 0.544. The van der Waals surface area contributed by atoms with E-state index in [1.165, 1.54) is 0 Å². The van der Waals surface area contributed by atoms with Crippen molar-refractivity contribution in [2.75, 3.05) is 32.6 Å². The number of benzene rings is 1. The number of hydrogen-bond donors (Lipinski definition) is 2. The highest BCUT2D eigenvalue weighted by Gasteiger charge is 1.99. The molecule has 1 amide bonds. The Morgan fingerprint density at radius 2 is 1.94 bits per heavy atom. The van der Waals surface area contributed by atoms with Gasteiger partial charge in [0.1, 0.15) is 5.75 Å². The van der Waals surface area contributed by atoms with Crippen molar-refractivity contribution in [1.82, 2.24) is 4.90 Å². The Kier molecular flexibility index (Phi) is 6.00. The Labute approximate surface area is 107 Å². The molecule has 5 heteroatoms. The predicted molar refractivity (Wildman–Crippen MR) is 71.4 cm³/mol. The van der Waals surface area contributed by atoms with Crippen LogP contribution in [0.15, 0.2) is 24.3 Å². The number of nitrogens with zero attached hydrogens (tertiary/aromatic N) is 1. The van der Waals surface area contributed by atoms with Crippen LogP contribution in [0.4, 0.5) is 10.5 Å². The van der Waals surface area contributed by atoms with Gasteiger partial charge in [0.15, 0.2) is 0 Å².